The van der Waals surface area contributed by atoms with Crippen molar-refractivity contribution in [1.82, 2.24) is 19.7 Å². The van der Waals surface area contributed by atoms with Gasteiger partial charge in [-0.1, -0.05) is 6.92 Å². The lowest BCUT2D eigenvalue weighted by Crippen LogP contribution is -2.49. The zero-order chi connectivity index (χ0) is 20.4. The van der Waals surface area contributed by atoms with Crippen molar-refractivity contribution in [2.75, 3.05) is 31.1 Å². The number of halogens is 1. The molecule has 3 aromatic rings. The van der Waals surface area contributed by atoms with E-state index in [-0.39, 0.29) is 18.3 Å². The van der Waals surface area contributed by atoms with Crippen molar-refractivity contribution >= 4 is 22.4 Å². The van der Waals surface area contributed by atoms with Gasteiger partial charge in [-0.05, 0) is 43.2 Å². The molecule has 8 heteroatoms. The Bertz CT molecular complexity index is 993. The molecule has 0 bridgehead atoms. The number of anilines is 1. The van der Waals surface area contributed by atoms with E-state index < -0.39 is 0 Å². The molecule has 1 aromatic carbocycles. The number of hydrogen-bond donors (Lipinski definition) is 0. The van der Waals surface area contributed by atoms with Crippen LogP contribution in [-0.2, 0) is 17.8 Å². The molecular formula is C21H24FN5OS. The van der Waals surface area contributed by atoms with Gasteiger partial charge < -0.3 is 9.80 Å². The number of hydrogen-bond acceptors (Lipinski definition) is 5. The number of benzene rings is 1. The van der Waals surface area contributed by atoms with E-state index in [1.165, 1.54) is 6.07 Å². The first kappa shape index (κ1) is 19.6. The number of thiazole rings is 1. The summed E-state index contributed by atoms with van der Waals surface area (Å²) in [6, 6.07) is 6.97. The van der Waals surface area contributed by atoms with E-state index in [1.54, 1.807) is 35.1 Å². The summed E-state index contributed by atoms with van der Waals surface area (Å²) >= 11 is 1.62. The molecule has 29 heavy (non-hydrogen) atoms. The van der Waals surface area contributed by atoms with Gasteiger partial charge in [0, 0.05) is 49.0 Å². The number of amides is 1. The minimum atomic E-state index is -0.226. The van der Waals surface area contributed by atoms with E-state index >= 15 is 0 Å². The van der Waals surface area contributed by atoms with Crippen LogP contribution in [0.4, 0.5) is 9.52 Å². The van der Waals surface area contributed by atoms with Crippen LogP contribution in [-0.4, -0.2) is 51.8 Å². The second-order valence-electron chi connectivity index (χ2n) is 7.18. The number of rotatable bonds is 5. The van der Waals surface area contributed by atoms with Gasteiger partial charge in [-0.25, -0.2) is 9.37 Å². The van der Waals surface area contributed by atoms with Crippen molar-refractivity contribution in [1.29, 1.82) is 0 Å². The third-order valence-electron chi connectivity index (χ3n) is 5.29. The Labute approximate surface area is 173 Å². The topological polar surface area (TPSA) is 54.3 Å². The van der Waals surface area contributed by atoms with Crippen LogP contribution in [0.3, 0.4) is 0 Å². The summed E-state index contributed by atoms with van der Waals surface area (Å²) in [5.74, 6) is -0.153. The van der Waals surface area contributed by atoms with Gasteiger partial charge in [0.15, 0.2) is 5.13 Å². The molecule has 1 aliphatic rings. The van der Waals surface area contributed by atoms with Crippen molar-refractivity contribution in [3.05, 3.63) is 52.9 Å². The first-order valence-electron chi connectivity index (χ1n) is 9.80. The molecule has 0 aliphatic carbocycles. The van der Waals surface area contributed by atoms with Crippen LogP contribution in [0, 0.1) is 12.7 Å². The predicted molar refractivity (Wildman–Crippen MR) is 113 cm³/mol. The Morgan fingerprint density at radius 1 is 1.21 bits per heavy atom. The van der Waals surface area contributed by atoms with Gasteiger partial charge >= 0.3 is 0 Å². The van der Waals surface area contributed by atoms with E-state index in [0.29, 0.717) is 18.7 Å². The molecular weight excluding hydrogens is 389 g/mol. The monoisotopic (exact) mass is 413 g/mol. The minimum absolute atomic E-state index is 0.0726. The fraction of sp³-hybridized carbons (Fsp3) is 0.381. The van der Waals surface area contributed by atoms with Crippen molar-refractivity contribution in [3.63, 3.8) is 0 Å². The standard InChI is InChI=1S/C21H24FN5OS/c1-3-17-13-19(16-4-5-18(22)15(2)12-16)24-27(17)14-20(28)25-7-9-26(10-8-25)21-23-6-11-29-21/h4-6,11-13H,3,7-10,14H2,1-2H3. The fourth-order valence-electron chi connectivity index (χ4n) is 3.57. The summed E-state index contributed by atoms with van der Waals surface area (Å²) in [5, 5.41) is 7.62. The van der Waals surface area contributed by atoms with Gasteiger partial charge in [0.25, 0.3) is 0 Å². The Hall–Kier alpha value is -2.74. The Morgan fingerprint density at radius 3 is 2.66 bits per heavy atom. The highest BCUT2D eigenvalue weighted by Gasteiger charge is 2.23. The Balaban J connectivity index is 1.44. The van der Waals surface area contributed by atoms with E-state index in [4.69, 9.17) is 0 Å². The molecule has 1 fully saturated rings. The molecule has 4 rings (SSSR count). The van der Waals surface area contributed by atoms with Gasteiger partial charge in [-0.2, -0.15) is 5.10 Å². The molecule has 1 saturated heterocycles. The lowest BCUT2D eigenvalue weighted by Gasteiger charge is -2.34. The number of aromatic nitrogens is 3. The summed E-state index contributed by atoms with van der Waals surface area (Å²) in [7, 11) is 0. The van der Waals surface area contributed by atoms with E-state index in [0.717, 1.165) is 41.6 Å². The van der Waals surface area contributed by atoms with Crippen molar-refractivity contribution in [2.24, 2.45) is 0 Å². The van der Waals surface area contributed by atoms with Gasteiger partial charge in [-0.3, -0.25) is 9.48 Å². The van der Waals surface area contributed by atoms with Crippen LogP contribution in [0.2, 0.25) is 0 Å². The summed E-state index contributed by atoms with van der Waals surface area (Å²) in [6.07, 6.45) is 2.58. The summed E-state index contributed by atoms with van der Waals surface area (Å²) in [4.78, 5) is 21.3. The van der Waals surface area contributed by atoms with Crippen LogP contribution in [0.5, 0.6) is 0 Å². The summed E-state index contributed by atoms with van der Waals surface area (Å²) < 4.78 is 15.4. The molecule has 2 aromatic heterocycles. The zero-order valence-electron chi connectivity index (χ0n) is 16.6. The van der Waals surface area contributed by atoms with Crippen molar-refractivity contribution in [2.45, 2.75) is 26.8 Å². The maximum Gasteiger partial charge on any atom is 0.244 e. The third kappa shape index (κ3) is 4.17. The normalized spacial score (nSPS) is 14.4. The molecule has 1 amide bonds. The molecule has 0 N–H and O–H groups in total. The average Bonchev–Trinajstić information content (AvgIpc) is 3.40. The SMILES string of the molecule is CCc1cc(-c2ccc(F)c(C)c2)nn1CC(=O)N1CCN(c2nccs2)CC1. The molecule has 6 nitrogen and oxygen atoms in total. The lowest BCUT2D eigenvalue weighted by atomic mass is 10.1. The van der Waals surface area contributed by atoms with E-state index in [9.17, 15) is 9.18 Å². The maximum atomic E-state index is 13.6. The summed E-state index contributed by atoms with van der Waals surface area (Å²) in [5.41, 5.74) is 3.22. The quantitative estimate of drug-likeness (QED) is 0.644. The molecule has 152 valence electrons. The largest absolute Gasteiger partial charge is 0.345 e. The molecule has 0 radical (unpaired) electrons. The van der Waals surface area contributed by atoms with Crippen LogP contribution >= 0.6 is 11.3 Å². The highest BCUT2D eigenvalue weighted by atomic mass is 32.1. The van der Waals surface area contributed by atoms with Gasteiger partial charge in [0.1, 0.15) is 12.4 Å². The minimum Gasteiger partial charge on any atom is -0.345 e. The number of nitrogens with zero attached hydrogens (tertiary/aromatic N) is 5. The number of carbonyl (C=O) groups excluding carboxylic acids is 1. The molecule has 1 aliphatic heterocycles. The maximum absolute atomic E-state index is 13.6. The average molecular weight is 414 g/mol. The van der Waals surface area contributed by atoms with Crippen molar-refractivity contribution in [3.8, 4) is 11.3 Å². The highest BCUT2D eigenvalue weighted by Crippen LogP contribution is 2.23. The van der Waals surface area contributed by atoms with Gasteiger partial charge in [0.05, 0.1) is 5.69 Å². The van der Waals surface area contributed by atoms with Gasteiger partial charge in [0.2, 0.25) is 5.91 Å². The van der Waals surface area contributed by atoms with Crippen LogP contribution in [0.25, 0.3) is 11.3 Å². The second-order valence-corrected chi connectivity index (χ2v) is 8.05. The number of carbonyl (C=O) groups is 1. The highest BCUT2D eigenvalue weighted by molar-refractivity contribution is 7.13. The second kappa shape index (κ2) is 8.32. The van der Waals surface area contributed by atoms with Crippen LogP contribution in [0.15, 0.2) is 35.8 Å². The number of piperazine rings is 1. The smallest absolute Gasteiger partial charge is 0.244 e. The van der Waals surface area contributed by atoms with E-state index in [2.05, 4.69) is 15.0 Å². The van der Waals surface area contributed by atoms with Crippen LogP contribution < -0.4 is 4.90 Å². The molecule has 3 heterocycles. The lowest BCUT2D eigenvalue weighted by molar-refractivity contribution is -0.132. The molecule has 0 spiro atoms. The zero-order valence-corrected chi connectivity index (χ0v) is 17.5. The summed E-state index contributed by atoms with van der Waals surface area (Å²) in [6.45, 7) is 6.96. The molecule has 0 saturated carbocycles. The first-order chi connectivity index (χ1) is 14.0. The first-order valence-corrected chi connectivity index (χ1v) is 10.7. The van der Waals surface area contributed by atoms with Crippen molar-refractivity contribution < 1.29 is 9.18 Å². The van der Waals surface area contributed by atoms with Gasteiger partial charge in [-0.15, -0.1) is 11.3 Å². The van der Waals surface area contributed by atoms with Crippen LogP contribution in [0.1, 0.15) is 18.2 Å². The Morgan fingerprint density at radius 2 is 2.00 bits per heavy atom. The fourth-order valence-corrected chi connectivity index (χ4v) is 4.27. The third-order valence-corrected chi connectivity index (χ3v) is 6.12. The number of aryl methyl sites for hydroxylation is 2. The Kier molecular flexibility index (Phi) is 5.62. The predicted octanol–water partition coefficient (Wildman–Crippen LogP) is 3.37. The molecule has 0 unspecified atom stereocenters. The van der Waals surface area contributed by atoms with E-state index in [1.807, 2.05) is 29.5 Å². The molecule has 0 atom stereocenters.